The Morgan fingerprint density at radius 1 is 1.03 bits per heavy atom. The number of benzene rings is 1. The smallest absolute Gasteiger partial charge is 0.229 e. The number of amides is 1. The molecule has 6 rings (SSSR count). The van der Waals surface area contributed by atoms with E-state index in [2.05, 4.69) is 65.5 Å². The first-order valence-corrected chi connectivity index (χ1v) is 12.8. The molecule has 10 heteroatoms. The van der Waals surface area contributed by atoms with Gasteiger partial charge in [0.1, 0.15) is 11.2 Å². The Labute approximate surface area is 220 Å². The quantitative estimate of drug-likeness (QED) is 0.330. The maximum Gasteiger partial charge on any atom is 0.229 e. The van der Waals surface area contributed by atoms with Crippen molar-refractivity contribution < 1.29 is 4.79 Å². The molecule has 38 heavy (non-hydrogen) atoms. The fourth-order valence-corrected chi connectivity index (χ4v) is 4.66. The summed E-state index contributed by atoms with van der Waals surface area (Å²) in [5.41, 5.74) is 6.31. The molecule has 10 nitrogen and oxygen atoms in total. The number of rotatable bonds is 4. The lowest BCUT2D eigenvalue weighted by molar-refractivity contribution is -0.123. The Hall–Kier alpha value is -4.31. The van der Waals surface area contributed by atoms with Crippen LogP contribution in [0.25, 0.3) is 44.7 Å². The third kappa shape index (κ3) is 4.47. The molecule has 1 aromatic carbocycles. The maximum atomic E-state index is 12.5. The number of carbonyl (C=O) groups is 1. The molecule has 0 bridgehead atoms. The van der Waals surface area contributed by atoms with Crippen molar-refractivity contribution in [2.75, 3.05) is 43.4 Å². The van der Waals surface area contributed by atoms with Gasteiger partial charge in [-0.2, -0.15) is 5.10 Å². The first-order valence-electron chi connectivity index (χ1n) is 12.8. The van der Waals surface area contributed by atoms with E-state index in [0.29, 0.717) is 17.2 Å². The van der Waals surface area contributed by atoms with Crippen molar-refractivity contribution in [3.05, 3.63) is 48.9 Å². The molecule has 0 atom stereocenters. The van der Waals surface area contributed by atoms with Gasteiger partial charge in [0, 0.05) is 55.1 Å². The molecule has 0 spiro atoms. The van der Waals surface area contributed by atoms with Gasteiger partial charge in [-0.15, -0.1) is 0 Å². The van der Waals surface area contributed by atoms with E-state index < -0.39 is 5.41 Å². The molecule has 4 aromatic heterocycles. The minimum atomic E-state index is -0.501. The summed E-state index contributed by atoms with van der Waals surface area (Å²) < 4.78 is 0. The van der Waals surface area contributed by atoms with Crippen molar-refractivity contribution in [2.24, 2.45) is 5.41 Å². The first-order chi connectivity index (χ1) is 18.3. The van der Waals surface area contributed by atoms with Gasteiger partial charge < -0.3 is 20.1 Å². The van der Waals surface area contributed by atoms with Crippen molar-refractivity contribution in [1.29, 1.82) is 0 Å². The molecule has 0 aliphatic carbocycles. The fraction of sp³-hybridized carbons (Fsp3) is 0.321. The van der Waals surface area contributed by atoms with E-state index in [1.807, 2.05) is 32.9 Å². The number of pyridine rings is 2. The van der Waals surface area contributed by atoms with Crippen molar-refractivity contribution in [3.63, 3.8) is 0 Å². The molecule has 5 aromatic rings. The Morgan fingerprint density at radius 2 is 1.82 bits per heavy atom. The Balaban J connectivity index is 1.35. The number of hydrogen-bond donors (Lipinski definition) is 3. The predicted octanol–water partition coefficient (Wildman–Crippen LogP) is 4.30. The minimum Gasteiger partial charge on any atom is -0.367 e. The number of fused-ring (bicyclic) bond motifs is 2. The normalized spacial score (nSPS) is 14.9. The summed E-state index contributed by atoms with van der Waals surface area (Å²) in [6.45, 7) is 9.65. The van der Waals surface area contributed by atoms with E-state index in [1.54, 1.807) is 18.6 Å². The maximum absolute atomic E-state index is 12.5. The highest BCUT2D eigenvalue weighted by atomic mass is 16.2. The number of para-hydroxylation sites is 1. The number of carbonyl (C=O) groups excluding carboxylic acids is 1. The third-order valence-electron chi connectivity index (χ3n) is 6.99. The number of aromatic nitrogens is 6. The van der Waals surface area contributed by atoms with Gasteiger partial charge in [0.05, 0.1) is 28.5 Å². The fourth-order valence-electron chi connectivity index (χ4n) is 4.66. The largest absolute Gasteiger partial charge is 0.367 e. The van der Waals surface area contributed by atoms with Gasteiger partial charge in [-0.1, -0.05) is 26.8 Å². The van der Waals surface area contributed by atoms with E-state index in [1.165, 1.54) is 0 Å². The highest BCUT2D eigenvalue weighted by Crippen LogP contribution is 2.32. The average Bonchev–Trinajstić information content (AvgIpc) is 3.52. The van der Waals surface area contributed by atoms with Gasteiger partial charge in [-0.25, -0.2) is 9.97 Å². The predicted molar refractivity (Wildman–Crippen MR) is 150 cm³/mol. The average molecular weight is 510 g/mol. The summed E-state index contributed by atoms with van der Waals surface area (Å²) in [4.78, 5) is 34.6. The van der Waals surface area contributed by atoms with Crippen LogP contribution >= 0.6 is 0 Å². The number of aromatic amines is 2. The van der Waals surface area contributed by atoms with E-state index in [-0.39, 0.29) is 5.91 Å². The minimum absolute atomic E-state index is 0.0667. The highest BCUT2D eigenvalue weighted by Gasteiger charge is 2.22. The summed E-state index contributed by atoms with van der Waals surface area (Å²) in [5, 5.41) is 11.4. The van der Waals surface area contributed by atoms with Crippen molar-refractivity contribution in [3.8, 4) is 22.6 Å². The van der Waals surface area contributed by atoms with Gasteiger partial charge in [0.2, 0.25) is 5.91 Å². The molecule has 1 fully saturated rings. The van der Waals surface area contributed by atoms with E-state index >= 15 is 0 Å². The number of nitrogens with zero attached hydrogens (tertiary/aromatic N) is 6. The standard InChI is InChI=1S/C28H31N9O/c1-28(2,3)27(38)31-19-12-17(14-29-16-19)18-13-20-23(34-35-25(20)30-15-18)26-32-21-6-5-7-22(24(21)33-26)37-10-8-36(4)9-11-37/h5-7,12-16H,8-11H2,1-4H3,(H,31,38)(H,32,33)(H,30,34,35). The van der Waals surface area contributed by atoms with Crippen LogP contribution in [0.2, 0.25) is 0 Å². The number of anilines is 2. The van der Waals surface area contributed by atoms with Crippen LogP contribution in [0.5, 0.6) is 0 Å². The van der Waals surface area contributed by atoms with E-state index in [9.17, 15) is 4.79 Å². The lowest BCUT2D eigenvalue weighted by Crippen LogP contribution is -2.44. The molecule has 194 valence electrons. The number of imidazole rings is 1. The van der Waals surface area contributed by atoms with Gasteiger partial charge >= 0.3 is 0 Å². The van der Waals surface area contributed by atoms with Crippen LogP contribution in [0.3, 0.4) is 0 Å². The summed E-state index contributed by atoms with van der Waals surface area (Å²) in [6.07, 6.45) is 5.18. The van der Waals surface area contributed by atoms with Gasteiger partial charge in [0.15, 0.2) is 11.5 Å². The molecule has 3 N–H and O–H groups in total. The van der Waals surface area contributed by atoms with E-state index in [4.69, 9.17) is 4.98 Å². The Kier molecular flexibility index (Phi) is 5.83. The lowest BCUT2D eigenvalue weighted by Gasteiger charge is -2.34. The zero-order valence-corrected chi connectivity index (χ0v) is 22.0. The Morgan fingerprint density at radius 3 is 2.61 bits per heavy atom. The zero-order chi connectivity index (χ0) is 26.4. The van der Waals surface area contributed by atoms with Crippen LogP contribution in [-0.4, -0.2) is 74.2 Å². The molecule has 1 aliphatic rings. The third-order valence-corrected chi connectivity index (χ3v) is 6.99. The number of likely N-dealkylation sites (N-methyl/N-ethyl adjacent to an activating group) is 1. The molecule has 0 unspecified atom stereocenters. The number of hydrogen-bond acceptors (Lipinski definition) is 7. The summed E-state index contributed by atoms with van der Waals surface area (Å²) >= 11 is 0. The van der Waals surface area contributed by atoms with Gasteiger partial charge in [-0.05, 0) is 31.3 Å². The number of piperazine rings is 1. The second-order valence-electron chi connectivity index (χ2n) is 10.9. The highest BCUT2D eigenvalue weighted by molar-refractivity contribution is 5.97. The van der Waals surface area contributed by atoms with Crippen LogP contribution in [-0.2, 0) is 4.79 Å². The Bertz CT molecular complexity index is 1640. The summed E-state index contributed by atoms with van der Waals surface area (Å²) in [5.74, 6) is 0.648. The lowest BCUT2D eigenvalue weighted by atomic mass is 9.95. The molecule has 1 amide bonds. The van der Waals surface area contributed by atoms with Crippen LogP contribution in [0.15, 0.2) is 48.9 Å². The van der Waals surface area contributed by atoms with Crippen LogP contribution in [0, 0.1) is 5.41 Å². The van der Waals surface area contributed by atoms with Crippen LogP contribution in [0.1, 0.15) is 20.8 Å². The zero-order valence-electron chi connectivity index (χ0n) is 22.0. The van der Waals surface area contributed by atoms with Crippen LogP contribution in [0.4, 0.5) is 11.4 Å². The second kappa shape index (κ2) is 9.21. The molecular formula is C28H31N9O. The second-order valence-corrected chi connectivity index (χ2v) is 10.9. The number of nitrogens with one attached hydrogen (secondary N) is 3. The van der Waals surface area contributed by atoms with Gasteiger partial charge in [0.25, 0.3) is 0 Å². The van der Waals surface area contributed by atoms with Gasteiger partial charge in [-0.3, -0.25) is 14.9 Å². The van der Waals surface area contributed by atoms with Crippen molar-refractivity contribution in [2.45, 2.75) is 20.8 Å². The molecular weight excluding hydrogens is 478 g/mol. The van der Waals surface area contributed by atoms with Crippen molar-refractivity contribution in [1.82, 2.24) is 35.0 Å². The van der Waals surface area contributed by atoms with E-state index in [0.717, 1.165) is 65.1 Å². The molecule has 0 saturated carbocycles. The monoisotopic (exact) mass is 509 g/mol. The number of H-pyrrole nitrogens is 2. The molecule has 5 heterocycles. The topological polar surface area (TPSA) is 119 Å². The molecule has 1 aliphatic heterocycles. The SMILES string of the molecule is CN1CCN(c2cccc3[nH]c(-c4[nH]nc5ncc(-c6cncc(NC(=O)C(C)(C)C)c6)cc45)nc23)CC1. The van der Waals surface area contributed by atoms with Crippen molar-refractivity contribution >= 4 is 39.3 Å². The summed E-state index contributed by atoms with van der Waals surface area (Å²) in [6, 6.07) is 10.2. The van der Waals surface area contributed by atoms with Crippen LogP contribution < -0.4 is 10.2 Å². The first kappa shape index (κ1) is 24.1. The summed E-state index contributed by atoms with van der Waals surface area (Å²) in [7, 11) is 2.16. The molecule has 1 saturated heterocycles. The molecule has 0 radical (unpaired) electrons.